The Bertz CT molecular complexity index is 678. The van der Waals surface area contributed by atoms with Gasteiger partial charge in [-0.1, -0.05) is 26.0 Å². The molecule has 0 aromatic heterocycles. The lowest BCUT2D eigenvalue weighted by Gasteiger charge is -2.28. The summed E-state index contributed by atoms with van der Waals surface area (Å²) in [5.41, 5.74) is 0.642. The molecule has 0 N–H and O–H groups in total. The van der Waals surface area contributed by atoms with Crippen LogP contribution in [0.3, 0.4) is 0 Å². The number of carbonyl (C=O) groups is 1. The van der Waals surface area contributed by atoms with E-state index in [9.17, 15) is 19.3 Å². The van der Waals surface area contributed by atoms with Gasteiger partial charge in [-0.15, -0.1) is 0 Å². The molecule has 0 fully saturated rings. The van der Waals surface area contributed by atoms with Crippen LogP contribution in [-0.4, -0.2) is 16.9 Å². The molecule has 0 bridgehead atoms. The van der Waals surface area contributed by atoms with E-state index in [2.05, 4.69) is 0 Å². The minimum atomic E-state index is -1.33. The van der Waals surface area contributed by atoms with Crippen LogP contribution in [0.2, 0.25) is 0 Å². The van der Waals surface area contributed by atoms with Crippen LogP contribution >= 0.6 is 0 Å². The summed E-state index contributed by atoms with van der Waals surface area (Å²) in [7, 11) is 0. The molecule has 116 valence electrons. The molecule has 0 saturated heterocycles. The number of halogens is 1. The molecular formula is C16H16FNO4. The summed E-state index contributed by atoms with van der Waals surface area (Å²) >= 11 is 0. The van der Waals surface area contributed by atoms with Gasteiger partial charge < -0.3 is 4.74 Å². The van der Waals surface area contributed by atoms with Gasteiger partial charge in [0.05, 0.1) is 10.5 Å². The summed E-state index contributed by atoms with van der Waals surface area (Å²) in [5.74, 6) is -0.901. The molecule has 1 aliphatic heterocycles. The Morgan fingerprint density at radius 2 is 1.91 bits per heavy atom. The van der Waals surface area contributed by atoms with Crippen molar-refractivity contribution in [1.82, 2.24) is 0 Å². The number of allylic oxidation sites excluding steroid dienone is 1. The first-order valence-electron chi connectivity index (χ1n) is 7.10. The quantitative estimate of drug-likeness (QED) is 0.621. The maximum Gasteiger partial charge on any atom is 0.364 e. The number of ketones is 1. The molecule has 22 heavy (non-hydrogen) atoms. The van der Waals surface area contributed by atoms with E-state index in [-0.39, 0.29) is 11.2 Å². The Labute approximate surface area is 126 Å². The van der Waals surface area contributed by atoms with Gasteiger partial charge in [0.2, 0.25) is 0 Å². The smallest absolute Gasteiger partial charge is 0.364 e. The third-order valence-electron chi connectivity index (χ3n) is 4.18. The molecule has 2 aliphatic rings. The van der Waals surface area contributed by atoms with Crippen LogP contribution in [0, 0.1) is 21.3 Å². The maximum atomic E-state index is 13.1. The molecule has 5 nitrogen and oxygen atoms in total. The van der Waals surface area contributed by atoms with Gasteiger partial charge in [-0.25, -0.2) is 4.39 Å². The van der Waals surface area contributed by atoms with Gasteiger partial charge in [0, 0.05) is 12.8 Å². The molecule has 1 aromatic carbocycles. The summed E-state index contributed by atoms with van der Waals surface area (Å²) in [6.07, 6.45) is -0.499. The van der Waals surface area contributed by atoms with Gasteiger partial charge in [-0.2, -0.15) is 0 Å². The second-order valence-electron chi connectivity index (χ2n) is 6.60. The Hall–Kier alpha value is -2.24. The fourth-order valence-electron chi connectivity index (χ4n) is 3.25. The molecule has 2 unspecified atom stereocenters. The topological polar surface area (TPSA) is 69.4 Å². The van der Waals surface area contributed by atoms with Crippen molar-refractivity contribution in [3.63, 3.8) is 0 Å². The monoisotopic (exact) mass is 305 g/mol. The predicted molar refractivity (Wildman–Crippen MR) is 76.1 cm³/mol. The molecular weight excluding hydrogens is 289 g/mol. The highest BCUT2D eigenvalue weighted by Gasteiger charge is 2.51. The largest absolute Gasteiger partial charge is 0.433 e. The van der Waals surface area contributed by atoms with Crippen molar-refractivity contribution in [2.24, 2.45) is 5.41 Å². The van der Waals surface area contributed by atoms with Gasteiger partial charge in [-0.05, 0) is 23.1 Å². The summed E-state index contributed by atoms with van der Waals surface area (Å²) in [5, 5.41) is 11.3. The zero-order valence-electron chi connectivity index (χ0n) is 12.3. The van der Waals surface area contributed by atoms with Gasteiger partial charge in [0.25, 0.3) is 0 Å². The number of ether oxygens (including phenoxy) is 1. The number of benzene rings is 1. The molecule has 1 aromatic rings. The van der Waals surface area contributed by atoms with Gasteiger partial charge >= 0.3 is 6.23 Å². The van der Waals surface area contributed by atoms with Crippen molar-refractivity contribution in [3.8, 4) is 0 Å². The van der Waals surface area contributed by atoms with Crippen LogP contribution in [0.4, 0.5) is 4.39 Å². The summed E-state index contributed by atoms with van der Waals surface area (Å²) in [6, 6.07) is 5.43. The van der Waals surface area contributed by atoms with E-state index in [4.69, 9.17) is 4.74 Å². The lowest BCUT2D eigenvalue weighted by molar-refractivity contribution is -0.570. The zero-order valence-corrected chi connectivity index (χ0v) is 12.3. The zero-order chi connectivity index (χ0) is 16.1. The van der Waals surface area contributed by atoms with Crippen LogP contribution < -0.4 is 0 Å². The molecule has 0 radical (unpaired) electrons. The van der Waals surface area contributed by atoms with E-state index in [1.807, 2.05) is 13.8 Å². The first-order chi connectivity index (χ1) is 10.3. The van der Waals surface area contributed by atoms with E-state index in [0.29, 0.717) is 29.7 Å². The van der Waals surface area contributed by atoms with Crippen LogP contribution in [0.1, 0.15) is 38.2 Å². The number of carbonyl (C=O) groups excluding carboxylic acids is 1. The molecule has 0 spiro atoms. The van der Waals surface area contributed by atoms with E-state index >= 15 is 0 Å². The highest BCUT2D eigenvalue weighted by molar-refractivity contribution is 5.99. The highest BCUT2D eigenvalue weighted by atomic mass is 19.1. The normalized spacial score (nSPS) is 26.6. The Balaban J connectivity index is 2.07. The molecule has 2 atom stereocenters. The minimum absolute atomic E-state index is 0.120. The fourth-order valence-corrected chi connectivity index (χ4v) is 3.25. The molecule has 3 rings (SSSR count). The van der Waals surface area contributed by atoms with E-state index in [0.717, 1.165) is 0 Å². The van der Waals surface area contributed by atoms with E-state index in [1.165, 1.54) is 24.3 Å². The number of Topliss-reactive ketones (excluding diaryl/α,β-unsaturated/α-hetero) is 1. The van der Waals surface area contributed by atoms with Crippen LogP contribution in [0.25, 0.3) is 0 Å². The van der Waals surface area contributed by atoms with Crippen molar-refractivity contribution >= 4 is 5.78 Å². The van der Waals surface area contributed by atoms with Crippen LogP contribution in [0.15, 0.2) is 35.6 Å². The van der Waals surface area contributed by atoms with Crippen molar-refractivity contribution in [3.05, 3.63) is 57.1 Å². The van der Waals surface area contributed by atoms with Crippen molar-refractivity contribution in [1.29, 1.82) is 0 Å². The third kappa shape index (κ3) is 2.38. The molecule has 6 heteroatoms. The fraction of sp³-hybridized carbons (Fsp3) is 0.438. The second kappa shape index (κ2) is 4.90. The number of hydrogen-bond acceptors (Lipinski definition) is 4. The molecule has 1 aliphatic carbocycles. The lowest BCUT2D eigenvalue weighted by atomic mass is 9.73. The molecule has 1 heterocycles. The average Bonchev–Trinajstić information content (AvgIpc) is 2.77. The summed E-state index contributed by atoms with van der Waals surface area (Å²) < 4.78 is 18.6. The Kier molecular flexibility index (Phi) is 3.27. The maximum absolute atomic E-state index is 13.1. The summed E-state index contributed by atoms with van der Waals surface area (Å²) in [4.78, 5) is 23.3. The van der Waals surface area contributed by atoms with Gasteiger partial charge in [0.1, 0.15) is 17.5 Å². The lowest BCUT2D eigenvalue weighted by Crippen LogP contribution is -2.28. The molecule has 0 amide bonds. The number of nitrogens with zero attached hydrogens (tertiary/aromatic N) is 1. The predicted octanol–water partition coefficient (Wildman–Crippen LogP) is 3.19. The number of hydrogen-bond donors (Lipinski definition) is 0. The number of rotatable bonds is 2. The van der Waals surface area contributed by atoms with Crippen LogP contribution in [-0.2, 0) is 9.53 Å². The Morgan fingerprint density at radius 3 is 2.50 bits per heavy atom. The molecule has 0 saturated carbocycles. The third-order valence-corrected chi connectivity index (χ3v) is 4.18. The highest BCUT2D eigenvalue weighted by Crippen LogP contribution is 2.48. The standard InChI is InChI=1S/C16H16FNO4/c1-16(2)7-11(19)14-12(8-16)22-15(18(20)21)13(14)9-3-5-10(17)6-4-9/h3-6,13,15H,7-8H2,1-2H3. The number of nitro groups is 1. The average molecular weight is 305 g/mol. The first kappa shape index (κ1) is 14.7. The van der Waals surface area contributed by atoms with Crippen molar-refractivity contribution in [2.45, 2.75) is 38.8 Å². The summed E-state index contributed by atoms with van der Waals surface area (Å²) in [6.45, 7) is 3.87. The van der Waals surface area contributed by atoms with Gasteiger partial charge in [-0.3, -0.25) is 14.9 Å². The minimum Gasteiger partial charge on any atom is -0.433 e. The Morgan fingerprint density at radius 1 is 1.27 bits per heavy atom. The van der Waals surface area contributed by atoms with E-state index < -0.39 is 22.9 Å². The SMILES string of the molecule is CC1(C)CC(=O)C2=C(C1)OC([N+](=O)[O-])C2c1ccc(F)cc1. The van der Waals surface area contributed by atoms with Gasteiger partial charge in [0.15, 0.2) is 5.78 Å². The van der Waals surface area contributed by atoms with E-state index in [1.54, 1.807) is 0 Å². The van der Waals surface area contributed by atoms with Crippen molar-refractivity contribution in [2.75, 3.05) is 0 Å². The second-order valence-corrected chi connectivity index (χ2v) is 6.60. The van der Waals surface area contributed by atoms with Crippen molar-refractivity contribution < 1.29 is 18.8 Å². The van der Waals surface area contributed by atoms with Crippen LogP contribution in [0.5, 0.6) is 0 Å². The first-order valence-corrected chi connectivity index (χ1v) is 7.10.